The number of halogens is 1. The van der Waals surface area contributed by atoms with Gasteiger partial charge in [0.2, 0.25) is 11.8 Å². The van der Waals surface area contributed by atoms with E-state index >= 15 is 0 Å². The van der Waals surface area contributed by atoms with Gasteiger partial charge in [0.1, 0.15) is 16.8 Å². The summed E-state index contributed by atoms with van der Waals surface area (Å²) in [7, 11) is 0. The molecular weight excluding hydrogens is 405 g/mol. The molecule has 0 aliphatic carbocycles. The standard InChI is InChI=1S/C22H22FN3O3S/c1-3-13-26-21(28)19(14-20(27)24-16-7-5-15(23)6-8-16)30-22(26)25-17-9-11-18(12-10-17)29-4-2/h3,5-12,19H,1,4,13-14H2,2H3,(H,24,27). The molecule has 0 saturated carbocycles. The molecule has 0 spiro atoms. The fourth-order valence-corrected chi connectivity index (χ4v) is 4.00. The minimum absolute atomic E-state index is 0.0170. The molecule has 1 N–H and O–H groups in total. The number of amidine groups is 1. The molecule has 0 radical (unpaired) electrons. The third kappa shape index (κ3) is 5.48. The van der Waals surface area contributed by atoms with E-state index in [-0.39, 0.29) is 24.1 Å². The highest BCUT2D eigenvalue weighted by atomic mass is 32.2. The third-order valence-electron chi connectivity index (χ3n) is 4.20. The number of amides is 2. The molecule has 2 aromatic rings. The van der Waals surface area contributed by atoms with E-state index in [0.717, 1.165) is 5.75 Å². The van der Waals surface area contributed by atoms with Crippen molar-refractivity contribution in [2.45, 2.75) is 18.6 Å². The Labute approximate surface area is 178 Å². The Kier molecular flexibility index (Phi) is 7.24. The molecule has 2 aromatic carbocycles. The highest BCUT2D eigenvalue weighted by Gasteiger charge is 2.38. The largest absolute Gasteiger partial charge is 0.494 e. The molecule has 1 fully saturated rings. The van der Waals surface area contributed by atoms with Crippen LogP contribution in [0.4, 0.5) is 15.8 Å². The van der Waals surface area contributed by atoms with Gasteiger partial charge in [0.05, 0.1) is 12.3 Å². The minimum Gasteiger partial charge on any atom is -0.494 e. The molecule has 0 bridgehead atoms. The van der Waals surface area contributed by atoms with Crippen molar-refractivity contribution in [3.05, 3.63) is 67.0 Å². The summed E-state index contributed by atoms with van der Waals surface area (Å²) < 4.78 is 18.4. The van der Waals surface area contributed by atoms with Crippen LogP contribution in [0.1, 0.15) is 13.3 Å². The second-order valence-electron chi connectivity index (χ2n) is 6.42. The molecule has 1 aliphatic heterocycles. The van der Waals surface area contributed by atoms with E-state index in [2.05, 4.69) is 16.9 Å². The van der Waals surface area contributed by atoms with Crippen LogP contribution < -0.4 is 10.1 Å². The molecule has 30 heavy (non-hydrogen) atoms. The number of rotatable bonds is 8. The van der Waals surface area contributed by atoms with Crippen molar-refractivity contribution in [1.82, 2.24) is 4.90 Å². The minimum atomic E-state index is -0.591. The number of nitrogens with one attached hydrogen (secondary N) is 1. The van der Waals surface area contributed by atoms with Crippen LogP contribution in [0.15, 0.2) is 66.2 Å². The Morgan fingerprint density at radius 1 is 1.27 bits per heavy atom. The van der Waals surface area contributed by atoms with Crippen LogP contribution >= 0.6 is 11.8 Å². The van der Waals surface area contributed by atoms with Gasteiger partial charge in [-0.2, -0.15) is 0 Å². The summed E-state index contributed by atoms with van der Waals surface area (Å²) in [5.41, 5.74) is 1.15. The van der Waals surface area contributed by atoms with E-state index in [1.54, 1.807) is 6.08 Å². The lowest BCUT2D eigenvalue weighted by molar-refractivity contribution is -0.127. The topological polar surface area (TPSA) is 71.0 Å². The first-order chi connectivity index (χ1) is 14.5. The molecule has 2 amide bonds. The number of nitrogens with zero attached hydrogens (tertiary/aromatic N) is 2. The SMILES string of the molecule is C=CCN1C(=O)C(CC(=O)Nc2ccc(F)cc2)SC1=Nc1ccc(OCC)cc1. The van der Waals surface area contributed by atoms with Crippen molar-refractivity contribution in [3.8, 4) is 5.75 Å². The number of hydrogen-bond donors (Lipinski definition) is 1. The van der Waals surface area contributed by atoms with Gasteiger partial charge in [0.25, 0.3) is 0 Å². The maximum Gasteiger partial charge on any atom is 0.242 e. The molecule has 8 heteroatoms. The molecule has 1 saturated heterocycles. The fourth-order valence-electron chi connectivity index (χ4n) is 2.83. The van der Waals surface area contributed by atoms with E-state index in [1.165, 1.54) is 40.9 Å². The molecule has 6 nitrogen and oxygen atoms in total. The maximum atomic E-state index is 13.0. The lowest BCUT2D eigenvalue weighted by Gasteiger charge is -2.14. The summed E-state index contributed by atoms with van der Waals surface area (Å²) >= 11 is 1.24. The van der Waals surface area contributed by atoms with Crippen molar-refractivity contribution >= 4 is 40.1 Å². The van der Waals surface area contributed by atoms with Gasteiger partial charge < -0.3 is 10.1 Å². The summed E-state index contributed by atoms with van der Waals surface area (Å²) in [5.74, 6) is -0.160. The molecule has 1 unspecified atom stereocenters. The Hall–Kier alpha value is -3.13. The van der Waals surface area contributed by atoms with Gasteiger partial charge >= 0.3 is 0 Å². The zero-order valence-electron chi connectivity index (χ0n) is 16.5. The molecular formula is C22H22FN3O3S. The van der Waals surface area contributed by atoms with Crippen LogP contribution in [0.25, 0.3) is 0 Å². The van der Waals surface area contributed by atoms with Crippen LogP contribution in [-0.4, -0.2) is 40.3 Å². The quantitative estimate of drug-likeness (QED) is 0.635. The second-order valence-corrected chi connectivity index (χ2v) is 7.59. The number of ether oxygens (including phenoxy) is 1. The molecule has 3 rings (SSSR count). The molecule has 1 aliphatic rings. The first-order valence-electron chi connectivity index (χ1n) is 9.46. The second kappa shape index (κ2) is 10.1. The lowest BCUT2D eigenvalue weighted by atomic mass is 10.2. The smallest absolute Gasteiger partial charge is 0.242 e. The highest BCUT2D eigenvalue weighted by Crippen LogP contribution is 2.32. The first kappa shape index (κ1) is 21.6. The summed E-state index contributed by atoms with van der Waals surface area (Å²) in [4.78, 5) is 31.2. The van der Waals surface area contributed by atoms with Gasteiger partial charge in [-0.15, -0.1) is 6.58 Å². The summed E-state index contributed by atoms with van der Waals surface area (Å²) in [6.45, 7) is 6.49. The predicted molar refractivity (Wildman–Crippen MR) is 118 cm³/mol. The normalized spacial score (nSPS) is 17.3. The average Bonchev–Trinajstić information content (AvgIpc) is 3.00. The zero-order chi connectivity index (χ0) is 21.5. The van der Waals surface area contributed by atoms with Gasteiger partial charge in [-0.1, -0.05) is 17.8 Å². The number of aliphatic imine (C=N–C) groups is 1. The predicted octanol–water partition coefficient (Wildman–Crippen LogP) is 4.37. The van der Waals surface area contributed by atoms with Crippen LogP contribution in [-0.2, 0) is 9.59 Å². The summed E-state index contributed by atoms with van der Waals surface area (Å²) in [6.07, 6.45) is 1.60. The van der Waals surface area contributed by atoms with Crippen molar-refractivity contribution in [2.24, 2.45) is 4.99 Å². The molecule has 0 aromatic heterocycles. The van der Waals surface area contributed by atoms with E-state index in [0.29, 0.717) is 29.7 Å². The summed E-state index contributed by atoms with van der Waals surface area (Å²) in [6, 6.07) is 12.7. The van der Waals surface area contributed by atoms with E-state index in [9.17, 15) is 14.0 Å². The van der Waals surface area contributed by atoms with Crippen LogP contribution in [0.3, 0.4) is 0 Å². The maximum absolute atomic E-state index is 13.0. The molecule has 156 valence electrons. The Morgan fingerprint density at radius 2 is 1.97 bits per heavy atom. The van der Waals surface area contributed by atoms with E-state index < -0.39 is 5.25 Å². The number of hydrogen-bond acceptors (Lipinski definition) is 5. The van der Waals surface area contributed by atoms with Crippen molar-refractivity contribution in [1.29, 1.82) is 0 Å². The first-order valence-corrected chi connectivity index (χ1v) is 10.3. The average molecular weight is 428 g/mol. The van der Waals surface area contributed by atoms with Gasteiger partial charge in [-0.25, -0.2) is 9.38 Å². The lowest BCUT2D eigenvalue weighted by Crippen LogP contribution is -2.33. The Balaban J connectivity index is 1.70. The molecule has 1 atom stereocenters. The fraction of sp³-hybridized carbons (Fsp3) is 0.227. The van der Waals surface area contributed by atoms with Crippen molar-refractivity contribution < 1.29 is 18.7 Å². The summed E-state index contributed by atoms with van der Waals surface area (Å²) in [5, 5.41) is 2.61. The Bertz CT molecular complexity index is 945. The van der Waals surface area contributed by atoms with Gasteiger partial charge in [-0.05, 0) is 55.5 Å². The number of anilines is 1. The molecule has 1 heterocycles. The zero-order valence-corrected chi connectivity index (χ0v) is 17.3. The van der Waals surface area contributed by atoms with Crippen LogP contribution in [0.5, 0.6) is 5.75 Å². The van der Waals surface area contributed by atoms with Crippen LogP contribution in [0, 0.1) is 5.82 Å². The Morgan fingerprint density at radius 3 is 2.60 bits per heavy atom. The van der Waals surface area contributed by atoms with Crippen LogP contribution in [0.2, 0.25) is 0 Å². The number of carbonyl (C=O) groups is 2. The van der Waals surface area contributed by atoms with E-state index in [4.69, 9.17) is 4.74 Å². The highest BCUT2D eigenvalue weighted by molar-refractivity contribution is 8.15. The van der Waals surface area contributed by atoms with Gasteiger partial charge in [0, 0.05) is 18.7 Å². The number of carbonyl (C=O) groups excluding carboxylic acids is 2. The third-order valence-corrected chi connectivity index (χ3v) is 5.38. The number of thioether (sulfide) groups is 1. The van der Waals surface area contributed by atoms with Gasteiger partial charge in [0.15, 0.2) is 5.17 Å². The van der Waals surface area contributed by atoms with Gasteiger partial charge in [-0.3, -0.25) is 14.5 Å². The van der Waals surface area contributed by atoms with Crippen molar-refractivity contribution in [3.63, 3.8) is 0 Å². The monoisotopic (exact) mass is 427 g/mol. The van der Waals surface area contributed by atoms with E-state index in [1.807, 2.05) is 31.2 Å². The number of benzene rings is 2. The van der Waals surface area contributed by atoms with Crippen molar-refractivity contribution in [2.75, 3.05) is 18.5 Å².